The Hall–Kier alpha value is -2.54. The van der Waals surface area contributed by atoms with Crippen molar-refractivity contribution in [2.75, 3.05) is 5.32 Å². The van der Waals surface area contributed by atoms with Crippen LogP contribution in [0, 0.1) is 0 Å². The maximum atomic E-state index is 12.1. The van der Waals surface area contributed by atoms with Crippen LogP contribution in [0.4, 0.5) is 5.69 Å². The number of aromatic nitrogens is 1. The second-order valence-corrected chi connectivity index (χ2v) is 5.92. The number of H-pyrrole nitrogens is 1. The van der Waals surface area contributed by atoms with E-state index in [4.69, 9.17) is 4.42 Å². The number of benzene rings is 1. The molecule has 1 amide bonds. The minimum absolute atomic E-state index is 0.0887. The van der Waals surface area contributed by atoms with Gasteiger partial charge in [0.25, 0.3) is 0 Å². The van der Waals surface area contributed by atoms with Crippen molar-refractivity contribution < 1.29 is 9.21 Å². The zero-order valence-corrected chi connectivity index (χ0v) is 12.7. The number of rotatable bonds is 5. The molecule has 0 aliphatic carbocycles. The second kappa shape index (κ2) is 6.07. The molecular formula is C15H15N3O3S. The van der Waals surface area contributed by atoms with Crippen LogP contribution in [0.15, 0.2) is 44.9 Å². The SMILES string of the molecule is C[C@H](Nc1ccc2oc(=O)[nH]c2c1)C(=O)NCc1cccs1. The molecule has 0 fully saturated rings. The summed E-state index contributed by atoms with van der Waals surface area (Å²) in [5.41, 5.74) is 1.83. The molecular weight excluding hydrogens is 302 g/mol. The van der Waals surface area contributed by atoms with Crippen molar-refractivity contribution in [3.63, 3.8) is 0 Å². The molecule has 3 N–H and O–H groups in total. The maximum Gasteiger partial charge on any atom is 0.417 e. The van der Waals surface area contributed by atoms with Gasteiger partial charge in [0.05, 0.1) is 12.1 Å². The first-order valence-corrected chi connectivity index (χ1v) is 7.69. The Labute approximate surface area is 130 Å². The molecule has 7 heteroatoms. The van der Waals surface area contributed by atoms with E-state index in [9.17, 15) is 9.59 Å². The van der Waals surface area contributed by atoms with Crippen molar-refractivity contribution in [3.8, 4) is 0 Å². The van der Waals surface area contributed by atoms with Crippen LogP contribution in [0.1, 0.15) is 11.8 Å². The minimum Gasteiger partial charge on any atom is -0.408 e. The van der Waals surface area contributed by atoms with Crippen LogP contribution >= 0.6 is 11.3 Å². The molecule has 0 unspecified atom stereocenters. The molecule has 0 radical (unpaired) electrons. The van der Waals surface area contributed by atoms with E-state index in [0.717, 1.165) is 10.6 Å². The molecule has 0 aliphatic heterocycles. The number of oxazole rings is 1. The molecule has 0 aliphatic rings. The monoisotopic (exact) mass is 317 g/mol. The first-order valence-electron chi connectivity index (χ1n) is 6.81. The van der Waals surface area contributed by atoms with Crippen LogP contribution in [0.5, 0.6) is 0 Å². The summed E-state index contributed by atoms with van der Waals surface area (Å²) < 4.78 is 4.94. The lowest BCUT2D eigenvalue weighted by molar-refractivity contribution is -0.121. The van der Waals surface area contributed by atoms with E-state index in [1.807, 2.05) is 17.5 Å². The fraction of sp³-hybridized carbons (Fsp3) is 0.200. The van der Waals surface area contributed by atoms with Crippen LogP contribution < -0.4 is 16.4 Å². The molecule has 3 aromatic rings. The predicted octanol–water partition coefficient (Wildman–Crippen LogP) is 2.30. The number of hydrogen-bond donors (Lipinski definition) is 3. The Morgan fingerprint density at radius 3 is 3.05 bits per heavy atom. The summed E-state index contributed by atoms with van der Waals surface area (Å²) in [7, 11) is 0. The van der Waals surface area contributed by atoms with E-state index in [-0.39, 0.29) is 5.91 Å². The van der Waals surface area contributed by atoms with Crippen molar-refractivity contribution in [2.24, 2.45) is 0 Å². The summed E-state index contributed by atoms with van der Waals surface area (Å²) in [5.74, 6) is -0.580. The number of anilines is 1. The lowest BCUT2D eigenvalue weighted by atomic mass is 10.2. The highest BCUT2D eigenvalue weighted by molar-refractivity contribution is 7.09. The van der Waals surface area contributed by atoms with Gasteiger partial charge in [0.15, 0.2) is 5.58 Å². The van der Waals surface area contributed by atoms with Crippen LogP contribution in [0.25, 0.3) is 11.1 Å². The largest absolute Gasteiger partial charge is 0.417 e. The van der Waals surface area contributed by atoms with Crippen molar-refractivity contribution in [1.82, 2.24) is 10.3 Å². The van der Waals surface area contributed by atoms with E-state index in [0.29, 0.717) is 17.6 Å². The quantitative estimate of drug-likeness (QED) is 0.674. The minimum atomic E-state index is -0.492. The summed E-state index contributed by atoms with van der Waals surface area (Å²) in [6, 6.07) is 8.73. The fourth-order valence-electron chi connectivity index (χ4n) is 2.10. The summed E-state index contributed by atoms with van der Waals surface area (Å²) in [6.45, 7) is 2.31. The average Bonchev–Trinajstić information content (AvgIpc) is 3.12. The normalized spacial score (nSPS) is 12.2. The molecule has 1 atom stereocenters. The maximum absolute atomic E-state index is 12.1. The Morgan fingerprint density at radius 1 is 1.41 bits per heavy atom. The van der Waals surface area contributed by atoms with Gasteiger partial charge in [-0.3, -0.25) is 9.78 Å². The van der Waals surface area contributed by atoms with E-state index in [2.05, 4.69) is 15.6 Å². The van der Waals surface area contributed by atoms with Crippen LogP contribution in [-0.2, 0) is 11.3 Å². The highest BCUT2D eigenvalue weighted by atomic mass is 32.1. The van der Waals surface area contributed by atoms with Crippen LogP contribution in [0.2, 0.25) is 0 Å². The second-order valence-electron chi connectivity index (χ2n) is 4.89. The fourth-order valence-corrected chi connectivity index (χ4v) is 2.74. The van der Waals surface area contributed by atoms with E-state index in [1.54, 1.807) is 36.5 Å². The van der Waals surface area contributed by atoms with Crippen molar-refractivity contribution in [1.29, 1.82) is 0 Å². The highest BCUT2D eigenvalue weighted by Gasteiger charge is 2.13. The molecule has 0 spiro atoms. The zero-order chi connectivity index (χ0) is 15.5. The van der Waals surface area contributed by atoms with E-state index >= 15 is 0 Å². The first-order chi connectivity index (χ1) is 10.6. The van der Waals surface area contributed by atoms with Gasteiger partial charge in [0.2, 0.25) is 5.91 Å². The number of nitrogens with one attached hydrogen (secondary N) is 3. The standard InChI is InChI=1S/C15H15N3O3S/c1-9(14(19)16-8-11-3-2-6-22-11)17-10-4-5-13-12(7-10)18-15(20)21-13/h2-7,9,17H,8H2,1H3,(H,16,19)(H,18,20)/t9-/m0/s1. The van der Waals surface area contributed by atoms with Crippen molar-refractivity contribution in [2.45, 2.75) is 19.5 Å². The third kappa shape index (κ3) is 3.20. The topological polar surface area (TPSA) is 87.1 Å². The van der Waals surface area contributed by atoms with Gasteiger partial charge in [0.1, 0.15) is 6.04 Å². The van der Waals surface area contributed by atoms with E-state index < -0.39 is 11.8 Å². The van der Waals surface area contributed by atoms with E-state index in [1.165, 1.54) is 0 Å². The van der Waals surface area contributed by atoms with Crippen LogP contribution in [-0.4, -0.2) is 16.9 Å². The predicted molar refractivity (Wildman–Crippen MR) is 86.1 cm³/mol. The van der Waals surface area contributed by atoms with Gasteiger partial charge in [-0.1, -0.05) is 6.07 Å². The highest BCUT2D eigenvalue weighted by Crippen LogP contribution is 2.17. The van der Waals surface area contributed by atoms with Crippen molar-refractivity contribution in [3.05, 3.63) is 51.1 Å². The summed E-state index contributed by atoms with van der Waals surface area (Å²) in [4.78, 5) is 26.9. The lowest BCUT2D eigenvalue weighted by Gasteiger charge is -2.14. The van der Waals surface area contributed by atoms with Gasteiger partial charge in [-0.2, -0.15) is 0 Å². The lowest BCUT2D eigenvalue weighted by Crippen LogP contribution is -2.37. The molecule has 3 rings (SSSR count). The molecule has 6 nitrogen and oxygen atoms in total. The third-order valence-corrected chi connectivity index (χ3v) is 4.09. The number of carbonyl (C=O) groups excluding carboxylic acids is 1. The average molecular weight is 317 g/mol. The number of carbonyl (C=O) groups is 1. The summed E-state index contributed by atoms with van der Waals surface area (Å²) in [5, 5.41) is 7.96. The Morgan fingerprint density at radius 2 is 2.27 bits per heavy atom. The van der Waals surface area contributed by atoms with Gasteiger partial charge < -0.3 is 15.1 Å². The number of amides is 1. The van der Waals surface area contributed by atoms with Gasteiger partial charge >= 0.3 is 5.76 Å². The number of thiophene rings is 1. The third-order valence-electron chi connectivity index (χ3n) is 3.21. The number of hydrogen-bond acceptors (Lipinski definition) is 5. The molecule has 1 aromatic carbocycles. The molecule has 2 aromatic heterocycles. The summed E-state index contributed by atoms with van der Waals surface area (Å²) in [6.07, 6.45) is 0. The smallest absolute Gasteiger partial charge is 0.408 e. The number of aromatic amines is 1. The van der Waals surface area contributed by atoms with Crippen LogP contribution in [0.3, 0.4) is 0 Å². The Balaban J connectivity index is 1.62. The zero-order valence-electron chi connectivity index (χ0n) is 11.9. The first kappa shape index (κ1) is 14.4. The molecule has 0 saturated carbocycles. The molecule has 0 bridgehead atoms. The van der Waals surface area contributed by atoms with Gasteiger partial charge in [-0.25, -0.2) is 4.79 Å². The summed E-state index contributed by atoms with van der Waals surface area (Å²) >= 11 is 1.61. The molecule has 22 heavy (non-hydrogen) atoms. The molecule has 0 saturated heterocycles. The Kier molecular flexibility index (Phi) is 3.97. The number of fused-ring (bicyclic) bond motifs is 1. The van der Waals surface area contributed by atoms with Gasteiger partial charge in [-0.15, -0.1) is 11.3 Å². The van der Waals surface area contributed by atoms with Crippen molar-refractivity contribution >= 4 is 34.0 Å². The van der Waals surface area contributed by atoms with Gasteiger partial charge in [-0.05, 0) is 36.6 Å². The molecule has 114 valence electrons. The van der Waals surface area contributed by atoms with Gasteiger partial charge in [0, 0.05) is 10.6 Å². The molecule has 2 heterocycles. The Bertz CT molecular complexity index is 835.